The summed E-state index contributed by atoms with van der Waals surface area (Å²) in [6.45, 7) is 28.1. The van der Waals surface area contributed by atoms with E-state index in [2.05, 4.69) is 366 Å². The summed E-state index contributed by atoms with van der Waals surface area (Å²) in [5.41, 5.74) is 31.9. The Kier molecular flexibility index (Phi) is 14.7. The van der Waals surface area contributed by atoms with Gasteiger partial charge in [-0.25, -0.2) is 0 Å². The molecule has 0 N–H and O–H groups in total. The smallest absolute Gasteiger partial charge is 0.252 e. The maximum Gasteiger partial charge on any atom is 0.252 e. The molecule has 0 atom stereocenters. The summed E-state index contributed by atoms with van der Waals surface area (Å²) in [7, 11) is 0. The fourth-order valence-electron chi connectivity index (χ4n) is 14.1. The first-order chi connectivity index (χ1) is 43.7. The second kappa shape index (κ2) is 22.7. The van der Waals surface area contributed by atoms with Gasteiger partial charge in [0.1, 0.15) is 0 Å². The fraction of sp³-hybridized carbons (Fsp3) is 0.182. The Morgan fingerprint density at radius 3 is 0.857 bits per heavy atom. The summed E-state index contributed by atoms with van der Waals surface area (Å²) in [5, 5.41) is 0. The highest BCUT2D eigenvalue weighted by molar-refractivity contribution is 7.00. The molecule has 2 aliphatic rings. The number of hydrogen-bond donors (Lipinski definition) is 0. The first kappa shape index (κ1) is 59.0. The van der Waals surface area contributed by atoms with Crippen molar-refractivity contribution in [2.75, 3.05) is 9.80 Å². The monoisotopic (exact) mass is 1180 g/mol. The number of hydrogen-bond acceptors (Lipinski definition) is 2. The molecule has 0 radical (unpaired) electrons. The molecule has 0 saturated carbocycles. The largest absolute Gasteiger partial charge is 0.310 e. The minimum absolute atomic E-state index is 0.0619. The van der Waals surface area contributed by atoms with Crippen LogP contribution in [0.25, 0.3) is 77.9 Å². The summed E-state index contributed by atoms with van der Waals surface area (Å²) in [4.78, 5) is 5.42. The normalized spacial score (nSPS) is 13.0. The predicted octanol–water partition coefficient (Wildman–Crippen LogP) is 22.6. The second-order valence-corrected chi connectivity index (χ2v) is 29.4. The Balaban J connectivity index is 1.22. The van der Waals surface area contributed by atoms with E-state index >= 15 is 0 Å². The highest BCUT2D eigenvalue weighted by Gasteiger charge is 2.46. The number of nitrogens with zero attached hydrogens (tertiary/aromatic N) is 2. The SMILES string of the molecule is CC(C)(C)c1cc(-c2ccccc2)c(N2c3ccc(-c4ccccc4)cc3B3c4cc(-c5ccccc5)ccc4N(c4c(-c5ccccc5)cc(C(C)(C)C)cc4-c4ccccc4)c4cc(-c5ccc(C(C)(C)C)cc5C(C)(C)C)cc2c43)c(-c2ccccc2)c1. The zero-order chi connectivity index (χ0) is 63.1. The Morgan fingerprint density at radius 2 is 0.549 bits per heavy atom. The number of anilines is 6. The molecule has 12 aromatic carbocycles. The van der Waals surface area contributed by atoms with Crippen LogP contribution in [0.5, 0.6) is 0 Å². The van der Waals surface area contributed by atoms with Crippen LogP contribution in [-0.2, 0) is 21.7 Å². The van der Waals surface area contributed by atoms with E-state index in [1.54, 1.807) is 0 Å². The zero-order valence-electron chi connectivity index (χ0n) is 55.0. The summed E-state index contributed by atoms with van der Waals surface area (Å²) in [6.07, 6.45) is 0. The highest BCUT2D eigenvalue weighted by Crippen LogP contribution is 2.56. The topological polar surface area (TPSA) is 6.48 Å². The van der Waals surface area contributed by atoms with E-state index in [-0.39, 0.29) is 28.4 Å². The van der Waals surface area contributed by atoms with Crippen LogP contribution < -0.4 is 26.2 Å². The van der Waals surface area contributed by atoms with E-state index in [9.17, 15) is 0 Å². The maximum absolute atomic E-state index is 2.71. The van der Waals surface area contributed by atoms with Gasteiger partial charge in [-0.15, -0.1) is 0 Å². The number of rotatable bonds is 9. The van der Waals surface area contributed by atoms with E-state index < -0.39 is 0 Å². The Hall–Kier alpha value is -9.70. The van der Waals surface area contributed by atoms with Gasteiger partial charge in [0.2, 0.25) is 0 Å². The van der Waals surface area contributed by atoms with E-state index in [1.807, 2.05) is 0 Å². The molecule has 2 heterocycles. The van der Waals surface area contributed by atoms with Gasteiger partial charge in [-0.05, 0) is 164 Å². The van der Waals surface area contributed by atoms with Crippen molar-refractivity contribution in [2.45, 2.75) is 105 Å². The molecule has 2 aliphatic heterocycles. The summed E-state index contributed by atoms with van der Waals surface area (Å²) < 4.78 is 0. The van der Waals surface area contributed by atoms with Gasteiger partial charge in [0.25, 0.3) is 6.71 Å². The number of benzene rings is 12. The summed E-state index contributed by atoms with van der Waals surface area (Å²) >= 11 is 0. The molecule has 0 amide bonds. The molecule has 14 rings (SSSR count). The van der Waals surface area contributed by atoms with Gasteiger partial charge in [0, 0.05) is 45.0 Å². The number of fused-ring (bicyclic) bond motifs is 4. The van der Waals surface area contributed by atoms with Gasteiger partial charge in [-0.1, -0.05) is 308 Å². The van der Waals surface area contributed by atoms with Crippen molar-refractivity contribution in [1.82, 2.24) is 0 Å². The minimum atomic E-state index is -0.211. The third kappa shape index (κ3) is 10.8. The molecule has 3 heteroatoms. The van der Waals surface area contributed by atoms with E-state index in [0.29, 0.717) is 0 Å². The van der Waals surface area contributed by atoms with E-state index in [1.165, 1.54) is 117 Å². The highest BCUT2D eigenvalue weighted by atomic mass is 15.2. The molecule has 0 aromatic heterocycles. The average molecular weight is 1180 g/mol. The molecular weight excluding hydrogens is 1100 g/mol. The van der Waals surface area contributed by atoms with Crippen LogP contribution in [0.3, 0.4) is 0 Å². The second-order valence-electron chi connectivity index (χ2n) is 29.4. The summed E-state index contributed by atoms with van der Waals surface area (Å²) in [6, 6.07) is 104. The van der Waals surface area contributed by atoms with Crippen molar-refractivity contribution in [2.24, 2.45) is 0 Å². The zero-order valence-corrected chi connectivity index (χ0v) is 55.0. The van der Waals surface area contributed by atoms with Crippen LogP contribution in [0.2, 0.25) is 0 Å². The van der Waals surface area contributed by atoms with E-state index in [0.717, 1.165) is 34.1 Å². The molecule has 2 nitrogen and oxygen atoms in total. The lowest BCUT2D eigenvalue weighted by Gasteiger charge is -2.46. The van der Waals surface area contributed by atoms with Crippen LogP contribution in [0.4, 0.5) is 34.1 Å². The summed E-state index contributed by atoms with van der Waals surface area (Å²) in [5.74, 6) is 0. The van der Waals surface area contributed by atoms with Crippen molar-refractivity contribution in [3.63, 3.8) is 0 Å². The first-order valence-electron chi connectivity index (χ1n) is 32.6. The van der Waals surface area contributed by atoms with Crippen molar-refractivity contribution in [3.05, 3.63) is 295 Å². The van der Waals surface area contributed by atoms with Crippen molar-refractivity contribution >= 4 is 57.2 Å². The van der Waals surface area contributed by atoms with Crippen LogP contribution in [0.1, 0.15) is 105 Å². The van der Waals surface area contributed by atoms with Gasteiger partial charge >= 0.3 is 0 Å². The standard InChI is InChI=1S/C88H81BN2/c1-85(2,3)67-45-46-70(75(57-67)88(10,11)12)66-51-80-82-81(52-66)91(84-73(62-39-27-17-28-40-62)55-69(87(7,8)9)56-74(84)63-41-29-18-30-42-63)79-48-44-65(59-33-21-14-22-34-59)50-77(79)89(82)76-49-64(58-31-19-13-20-32-58)43-47-78(76)90(80)83-71(60-35-23-15-24-36-60)53-68(86(4,5)6)54-72(83)61-37-25-16-26-38-61/h13-57H,1-12H3. The third-order valence-electron chi connectivity index (χ3n) is 19.0. The van der Waals surface area contributed by atoms with Crippen LogP contribution in [0.15, 0.2) is 273 Å². The molecule has 0 fully saturated rings. The van der Waals surface area contributed by atoms with Crippen LogP contribution >= 0.6 is 0 Å². The molecule has 0 unspecified atom stereocenters. The fourth-order valence-corrected chi connectivity index (χ4v) is 14.1. The minimum Gasteiger partial charge on any atom is -0.310 e. The molecular formula is C88H81BN2. The van der Waals surface area contributed by atoms with Gasteiger partial charge in [0.15, 0.2) is 0 Å². The average Bonchev–Trinajstić information content (AvgIpc) is 0.690. The maximum atomic E-state index is 2.71. The predicted molar refractivity (Wildman–Crippen MR) is 393 cm³/mol. The lowest BCUT2D eigenvalue weighted by Crippen LogP contribution is -2.61. The molecule has 0 saturated heterocycles. The van der Waals surface area contributed by atoms with Gasteiger partial charge in [0.05, 0.1) is 11.4 Å². The van der Waals surface area contributed by atoms with E-state index in [4.69, 9.17) is 0 Å². The molecule has 0 spiro atoms. The Labute approximate surface area is 541 Å². The lowest BCUT2D eigenvalue weighted by atomic mass is 9.33. The Bertz CT molecular complexity index is 4310. The van der Waals surface area contributed by atoms with Crippen molar-refractivity contribution in [3.8, 4) is 77.9 Å². The third-order valence-corrected chi connectivity index (χ3v) is 19.0. The molecule has 0 aliphatic carbocycles. The van der Waals surface area contributed by atoms with Crippen LogP contribution in [0, 0.1) is 0 Å². The van der Waals surface area contributed by atoms with Crippen molar-refractivity contribution < 1.29 is 0 Å². The molecule has 91 heavy (non-hydrogen) atoms. The van der Waals surface area contributed by atoms with Gasteiger partial charge < -0.3 is 9.80 Å². The first-order valence-corrected chi connectivity index (χ1v) is 32.6. The van der Waals surface area contributed by atoms with Crippen molar-refractivity contribution in [1.29, 1.82) is 0 Å². The van der Waals surface area contributed by atoms with Gasteiger partial charge in [-0.3, -0.25) is 0 Å². The quantitative estimate of drug-likeness (QED) is 0.133. The van der Waals surface area contributed by atoms with Gasteiger partial charge in [-0.2, -0.15) is 0 Å². The molecule has 12 aromatic rings. The lowest BCUT2D eigenvalue weighted by molar-refractivity contribution is 0.570. The molecule has 0 bridgehead atoms. The van der Waals surface area contributed by atoms with Crippen LogP contribution in [-0.4, -0.2) is 6.71 Å². The molecule has 446 valence electrons. The Morgan fingerprint density at radius 1 is 0.231 bits per heavy atom.